The molecule has 0 spiro atoms. The van der Waals surface area contributed by atoms with Crippen LogP contribution in [-0.4, -0.2) is 45.7 Å². The summed E-state index contributed by atoms with van der Waals surface area (Å²) in [6.45, 7) is 5.12. The summed E-state index contributed by atoms with van der Waals surface area (Å²) in [5.74, 6) is -0.255. The van der Waals surface area contributed by atoms with Crippen molar-refractivity contribution in [2.24, 2.45) is 0 Å². The second-order valence-electron chi connectivity index (χ2n) is 6.34. The third kappa shape index (κ3) is 2.91. The molecule has 1 aliphatic heterocycles. The van der Waals surface area contributed by atoms with Gasteiger partial charge in [-0.1, -0.05) is 6.07 Å². The molecule has 0 atom stereocenters. The van der Waals surface area contributed by atoms with Gasteiger partial charge in [0.1, 0.15) is 12.2 Å². The van der Waals surface area contributed by atoms with Gasteiger partial charge in [-0.3, -0.25) is 14.0 Å². The van der Waals surface area contributed by atoms with Crippen LogP contribution in [0.1, 0.15) is 21.6 Å². The summed E-state index contributed by atoms with van der Waals surface area (Å²) in [4.78, 5) is 33.7. The van der Waals surface area contributed by atoms with E-state index >= 15 is 0 Å². The van der Waals surface area contributed by atoms with Crippen molar-refractivity contribution in [2.45, 2.75) is 13.8 Å². The van der Waals surface area contributed by atoms with E-state index in [1.165, 1.54) is 11.3 Å². The van der Waals surface area contributed by atoms with Crippen LogP contribution in [0.15, 0.2) is 36.0 Å². The van der Waals surface area contributed by atoms with E-state index in [-0.39, 0.29) is 18.4 Å². The van der Waals surface area contributed by atoms with Crippen molar-refractivity contribution in [1.29, 1.82) is 0 Å². The van der Waals surface area contributed by atoms with Crippen LogP contribution in [0.2, 0.25) is 0 Å². The van der Waals surface area contributed by atoms with E-state index in [9.17, 15) is 9.59 Å². The number of nitrogens with zero attached hydrogens (tertiary/aromatic N) is 4. The fourth-order valence-corrected chi connectivity index (χ4v) is 3.92. The number of rotatable bonds is 2. The molecule has 1 aliphatic rings. The van der Waals surface area contributed by atoms with Gasteiger partial charge in [-0.15, -0.1) is 11.3 Å². The van der Waals surface area contributed by atoms with Crippen LogP contribution in [0.4, 0.5) is 5.69 Å². The molecular formula is C18H18N4O2S. The fraction of sp³-hybridized carbons (Fsp3) is 0.278. The monoisotopic (exact) mass is 354 g/mol. The lowest BCUT2D eigenvalue weighted by Gasteiger charge is -2.34. The Morgan fingerprint density at radius 3 is 2.60 bits per heavy atom. The first kappa shape index (κ1) is 15.8. The first-order chi connectivity index (χ1) is 12.0. The quantitative estimate of drug-likeness (QED) is 0.710. The highest BCUT2D eigenvalue weighted by molar-refractivity contribution is 7.15. The van der Waals surface area contributed by atoms with E-state index in [2.05, 4.69) is 11.1 Å². The maximum absolute atomic E-state index is 12.6. The SMILES string of the molecule is Cc1cc(C)cc(N2CCN(C(=O)c3cn4ccsc4n3)CC2=O)c1. The highest BCUT2D eigenvalue weighted by atomic mass is 32.1. The molecular weight excluding hydrogens is 336 g/mol. The van der Waals surface area contributed by atoms with Crippen LogP contribution in [0, 0.1) is 13.8 Å². The van der Waals surface area contributed by atoms with E-state index in [0.29, 0.717) is 18.8 Å². The number of aromatic nitrogens is 2. The Hall–Kier alpha value is -2.67. The van der Waals surface area contributed by atoms with Gasteiger partial charge >= 0.3 is 0 Å². The lowest BCUT2D eigenvalue weighted by Crippen LogP contribution is -2.52. The van der Waals surface area contributed by atoms with Crippen molar-refractivity contribution < 1.29 is 9.59 Å². The average Bonchev–Trinajstić information content (AvgIpc) is 3.14. The maximum atomic E-state index is 12.6. The van der Waals surface area contributed by atoms with E-state index in [0.717, 1.165) is 21.8 Å². The molecule has 0 N–H and O–H groups in total. The van der Waals surface area contributed by atoms with E-state index in [1.54, 1.807) is 16.0 Å². The number of imidazole rings is 1. The Balaban J connectivity index is 1.51. The van der Waals surface area contributed by atoms with Gasteiger partial charge in [0.2, 0.25) is 5.91 Å². The molecule has 4 rings (SSSR count). The molecule has 1 aromatic carbocycles. The van der Waals surface area contributed by atoms with Gasteiger partial charge in [0.25, 0.3) is 5.91 Å². The number of thiazole rings is 1. The van der Waals surface area contributed by atoms with Crippen molar-refractivity contribution >= 4 is 33.8 Å². The smallest absolute Gasteiger partial charge is 0.274 e. The largest absolute Gasteiger partial charge is 0.326 e. The van der Waals surface area contributed by atoms with E-state index in [1.807, 2.05) is 42.0 Å². The number of aryl methyl sites for hydroxylation is 2. The van der Waals surface area contributed by atoms with Crippen LogP contribution in [-0.2, 0) is 4.79 Å². The van der Waals surface area contributed by atoms with Gasteiger partial charge in [-0.05, 0) is 37.1 Å². The molecule has 3 heterocycles. The molecule has 2 aromatic heterocycles. The zero-order valence-corrected chi connectivity index (χ0v) is 14.9. The molecule has 0 radical (unpaired) electrons. The minimum absolute atomic E-state index is 0.0642. The number of piperazine rings is 1. The van der Waals surface area contributed by atoms with Crippen LogP contribution < -0.4 is 4.90 Å². The normalized spacial score (nSPS) is 15.2. The lowest BCUT2D eigenvalue weighted by atomic mass is 10.1. The number of carbonyl (C=O) groups excluding carboxylic acids is 2. The van der Waals surface area contributed by atoms with Crippen LogP contribution in [0.3, 0.4) is 0 Å². The number of hydrogen-bond donors (Lipinski definition) is 0. The van der Waals surface area contributed by atoms with Crippen LogP contribution >= 0.6 is 11.3 Å². The van der Waals surface area contributed by atoms with Gasteiger partial charge in [0, 0.05) is 36.6 Å². The zero-order chi connectivity index (χ0) is 17.6. The van der Waals surface area contributed by atoms with Crippen LogP contribution in [0.25, 0.3) is 4.96 Å². The Bertz CT molecular complexity index is 926. The van der Waals surface area contributed by atoms with Gasteiger partial charge in [0.05, 0.1) is 0 Å². The van der Waals surface area contributed by atoms with Gasteiger partial charge in [-0.2, -0.15) is 0 Å². The summed E-state index contributed by atoms with van der Waals surface area (Å²) in [5.41, 5.74) is 3.54. The molecule has 128 valence electrons. The predicted molar refractivity (Wildman–Crippen MR) is 97.2 cm³/mol. The maximum Gasteiger partial charge on any atom is 0.274 e. The number of amides is 2. The van der Waals surface area contributed by atoms with Crippen molar-refractivity contribution in [3.8, 4) is 0 Å². The number of anilines is 1. The molecule has 6 nitrogen and oxygen atoms in total. The number of hydrogen-bond acceptors (Lipinski definition) is 4. The van der Waals surface area contributed by atoms with E-state index in [4.69, 9.17) is 0 Å². The summed E-state index contributed by atoms with van der Waals surface area (Å²) < 4.78 is 1.82. The Labute approximate surface area is 149 Å². The molecule has 0 saturated carbocycles. The van der Waals surface area contributed by atoms with Crippen molar-refractivity contribution in [3.05, 3.63) is 52.8 Å². The summed E-state index contributed by atoms with van der Waals surface area (Å²) in [6.07, 6.45) is 3.59. The predicted octanol–water partition coefficient (Wildman–Crippen LogP) is 2.50. The van der Waals surface area contributed by atoms with Crippen molar-refractivity contribution in [2.75, 3.05) is 24.5 Å². The molecule has 1 fully saturated rings. The standard InChI is InChI=1S/C18H18N4O2S/c1-12-7-13(2)9-14(8-12)22-4-3-20(11-16(22)23)17(24)15-10-21-5-6-25-18(21)19-15/h5-10H,3-4,11H2,1-2H3. The summed E-state index contributed by atoms with van der Waals surface area (Å²) in [6, 6.07) is 6.09. The third-order valence-electron chi connectivity index (χ3n) is 4.34. The van der Waals surface area contributed by atoms with Gasteiger partial charge in [0.15, 0.2) is 4.96 Å². The number of fused-ring (bicyclic) bond motifs is 1. The first-order valence-corrected chi connectivity index (χ1v) is 8.99. The fourth-order valence-electron chi connectivity index (χ4n) is 3.22. The van der Waals surface area contributed by atoms with Gasteiger partial charge in [-0.25, -0.2) is 4.98 Å². The zero-order valence-electron chi connectivity index (χ0n) is 14.1. The average molecular weight is 354 g/mol. The van der Waals surface area contributed by atoms with E-state index < -0.39 is 0 Å². The topological polar surface area (TPSA) is 57.9 Å². The minimum atomic E-state index is -0.190. The molecule has 1 saturated heterocycles. The first-order valence-electron chi connectivity index (χ1n) is 8.11. The molecule has 0 aliphatic carbocycles. The second-order valence-corrected chi connectivity index (χ2v) is 7.21. The Morgan fingerprint density at radius 2 is 1.92 bits per heavy atom. The summed E-state index contributed by atoms with van der Waals surface area (Å²) >= 11 is 1.48. The number of benzene rings is 1. The molecule has 3 aromatic rings. The molecule has 7 heteroatoms. The summed E-state index contributed by atoms with van der Waals surface area (Å²) in [5, 5.41) is 1.92. The lowest BCUT2D eigenvalue weighted by molar-refractivity contribution is -0.120. The Morgan fingerprint density at radius 1 is 1.16 bits per heavy atom. The van der Waals surface area contributed by atoms with Crippen LogP contribution in [0.5, 0.6) is 0 Å². The summed E-state index contributed by atoms with van der Waals surface area (Å²) in [7, 11) is 0. The molecule has 0 unspecified atom stereocenters. The van der Waals surface area contributed by atoms with Gasteiger partial charge < -0.3 is 9.80 Å². The molecule has 25 heavy (non-hydrogen) atoms. The number of carbonyl (C=O) groups is 2. The molecule has 2 amide bonds. The highest BCUT2D eigenvalue weighted by Gasteiger charge is 2.29. The van der Waals surface area contributed by atoms with Crippen molar-refractivity contribution in [3.63, 3.8) is 0 Å². The third-order valence-corrected chi connectivity index (χ3v) is 5.11. The minimum Gasteiger partial charge on any atom is -0.326 e. The second kappa shape index (κ2) is 6.00. The van der Waals surface area contributed by atoms with Crippen molar-refractivity contribution in [1.82, 2.24) is 14.3 Å². The highest BCUT2D eigenvalue weighted by Crippen LogP contribution is 2.22. The Kier molecular flexibility index (Phi) is 3.80. The molecule has 0 bridgehead atoms.